The van der Waals surface area contributed by atoms with Crippen molar-refractivity contribution >= 4 is 38.8 Å². The highest BCUT2D eigenvalue weighted by atomic mass is 35.5. The van der Waals surface area contributed by atoms with E-state index in [2.05, 4.69) is 9.80 Å². The predicted octanol–water partition coefficient (Wildman–Crippen LogP) is 3.59. The Hall–Kier alpha value is -2.50. The van der Waals surface area contributed by atoms with Crippen LogP contribution in [-0.4, -0.2) is 81.4 Å². The van der Waals surface area contributed by atoms with Crippen molar-refractivity contribution in [3.05, 3.63) is 59.1 Å². The van der Waals surface area contributed by atoms with E-state index in [4.69, 9.17) is 16.3 Å². The molecule has 0 atom stereocenters. The summed E-state index contributed by atoms with van der Waals surface area (Å²) in [5, 5.41) is 10.0. The first kappa shape index (κ1) is 29.5. The Morgan fingerprint density at radius 3 is 2.21 bits per heavy atom. The lowest BCUT2D eigenvalue weighted by molar-refractivity contribution is -0.133. The van der Waals surface area contributed by atoms with Crippen molar-refractivity contribution < 1.29 is 28.0 Å². The molecule has 2 saturated heterocycles. The monoisotopic (exact) mass is 577 g/mol. The number of ketones is 1. The number of nitrogens with zero attached hydrogens (tertiary/aromatic N) is 2. The molecule has 0 saturated carbocycles. The Labute approximate surface area is 234 Å². The number of nitrogens with one attached hydrogen (secondary N) is 1. The van der Waals surface area contributed by atoms with Gasteiger partial charge in [0, 0.05) is 68.6 Å². The first-order valence-corrected chi connectivity index (χ1v) is 15.1. The zero-order valence-corrected chi connectivity index (χ0v) is 23.7. The van der Waals surface area contributed by atoms with E-state index in [1.54, 1.807) is 49.0 Å². The number of hydrogen-bond acceptors (Lipinski definition) is 8. The summed E-state index contributed by atoms with van der Waals surface area (Å²) in [5.41, 5.74) is 3.13. The van der Waals surface area contributed by atoms with Gasteiger partial charge in [0.2, 0.25) is 0 Å². The first-order chi connectivity index (χ1) is 18.7. The van der Waals surface area contributed by atoms with Crippen LogP contribution < -0.4 is 10.4 Å². The molecule has 2 N–H and O–H groups in total. The summed E-state index contributed by atoms with van der Waals surface area (Å²) in [4.78, 5) is 29.9. The Morgan fingerprint density at radius 2 is 1.64 bits per heavy atom. The number of benzene rings is 2. The summed E-state index contributed by atoms with van der Waals surface area (Å²) in [7, 11) is -2.45. The summed E-state index contributed by atoms with van der Waals surface area (Å²) >= 11 is 5.94. The number of anilines is 1. The largest absolute Gasteiger partial charge is 0.385 e. The van der Waals surface area contributed by atoms with Crippen LogP contribution in [0, 0.1) is 5.92 Å². The lowest BCUT2D eigenvalue weighted by Crippen LogP contribution is -2.57. The topological polar surface area (TPSA) is 116 Å². The number of carbonyl (C=O) groups excluding carboxylic acids is 2. The van der Waals surface area contributed by atoms with Gasteiger partial charge in [-0.1, -0.05) is 11.6 Å². The summed E-state index contributed by atoms with van der Waals surface area (Å²) in [6.07, 6.45) is 2.39. The number of rotatable bonds is 10. The van der Waals surface area contributed by atoms with Crippen LogP contribution in [0.2, 0.25) is 5.02 Å². The van der Waals surface area contributed by atoms with Crippen molar-refractivity contribution in [1.82, 2.24) is 10.4 Å². The molecule has 212 valence electrons. The van der Waals surface area contributed by atoms with Gasteiger partial charge < -0.3 is 14.5 Å². The summed E-state index contributed by atoms with van der Waals surface area (Å²) in [6.45, 7) is 3.56. The fourth-order valence-corrected chi connectivity index (χ4v) is 7.68. The van der Waals surface area contributed by atoms with Gasteiger partial charge in [-0.3, -0.25) is 14.8 Å². The molecule has 0 aromatic heterocycles. The number of amides is 1. The highest BCUT2D eigenvalue weighted by Crippen LogP contribution is 2.37. The summed E-state index contributed by atoms with van der Waals surface area (Å²) in [5.74, 6) is -0.847. The number of piperidine rings is 2. The number of methoxy groups -OCH3 is 1. The summed E-state index contributed by atoms with van der Waals surface area (Å²) in [6, 6.07) is 13.5. The quantitative estimate of drug-likeness (QED) is 0.190. The maximum absolute atomic E-state index is 13.8. The lowest BCUT2D eigenvalue weighted by atomic mass is 9.88. The third-order valence-corrected chi connectivity index (χ3v) is 10.8. The molecule has 2 fully saturated rings. The fourth-order valence-electron chi connectivity index (χ4n) is 5.60. The normalized spacial score (nSPS) is 18.6. The van der Waals surface area contributed by atoms with Crippen LogP contribution in [0.5, 0.6) is 0 Å². The molecule has 2 heterocycles. The highest BCUT2D eigenvalue weighted by Gasteiger charge is 2.52. The van der Waals surface area contributed by atoms with Gasteiger partial charge in [-0.25, -0.2) is 13.9 Å². The molecular weight excluding hydrogens is 542 g/mol. The third kappa shape index (κ3) is 6.30. The number of carbonyl (C=O) groups is 2. The molecule has 0 aliphatic carbocycles. The second kappa shape index (κ2) is 12.8. The van der Waals surface area contributed by atoms with Crippen LogP contribution in [0.25, 0.3) is 0 Å². The van der Waals surface area contributed by atoms with Gasteiger partial charge in [-0.15, -0.1) is 0 Å². The Kier molecular flexibility index (Phi) is 9.66. The van der Waals surface area contributed by atoms with Gasteiger partial charge in [0.25, 0.3) is 5.91 Å². The number of halogens is 1. The molecule has 2 aromatic rings. The molecule has 39 heavy (non-hydrogen) atoms. The Morgan fingerprint density at radius 1 is 1.03 bits per heavy atom. The van der Waals surface area contributed by atoms with E-state index in [1.165, 1.54) is 12.1 Å². The minimum Gasteiger partial charge on any atom is -0.385 e. The maximum atomic E-state index is 13.8. The molecule has 0 unspecified atom stereocenters. The second-order valence-electron chi connectivity index (χ2n) is 10.3. The number of likely N-dealkylation sites (tertiary alicyclic amines) is 1. The van der Waals surface area contributed by atoms with Gasteiger partial charge in [-0.05, 0) is 80.6 Å². The van der Waals surface area contributed by atoms with Crippen LogP contribution >= 0.6 is 11.6 Å². The van der Waals surface area contributed by atoms with Crippen molar-refractivity contribution in [2.24, 2.45) is 5.92 Å². The van der Waals surface area contributed by atoms with E-state index >= 15 is 0 Å². The molecule has 2 aliphatic heterocycles. The molecule has 11 heteroatoms. The van der Waals surface area contributed by atoms with Crippen LogP contribution in [0.1, 0.15) is 42.5 Å². The standard InChI is InChI=1S/C28H36ClN3O6S/c1-38-20-2-15-31-18-13-28(14-19-31,27(34)30-35)39(36,37)25-9-7-24(8-10-25)32-16-11-22(12-17-32)26(33)21-3-5-23(29)6-4-21/h3-10,22,35H,2,11-20H2,1H3,(H,30,34). The van der Waals surface area contributed by atoms with Crippen molar-refractivity contribution in [3.63, 3.8) is 0 Å². The number of hydroxylamine groups is 1. The predicted molar refractivity (Wildman–Crippen MR) is 149 cm³/mol. The van der Waals surface area contributed by atoms with Crippen molar-refractivity contribution in [1.29, 1.82) is 0 Å². The lowest BCUT2D eigenvalue weighted by Gasteiger charge is -2.39. The highest BCUT2D eigenvalue weighted by molar-refractivity contribution is 7.93. The van der Waals surface area contributed by atoms with Crippen molar-refractivity contribution in [2.45, 2.75) is 41.7 Å². The maximum Gasteiger partial charge on any atom is 0.265 e. The molecule has 0 radical (unpaired) electrons. The number of ether oxygens (including phenoxy) is 1. The van der Waals surface area contributed by atoms with Gasteiger partial charge in [0.15, 0.2) is 20.4 Å². The van der Waals surface area contributed by atoms with E-state index in [1.807, 2.05) is 0 Å². The van der Waals surface area contributed by atoms with Gasteiger partial charge in [0.1, 0.15) is 0 Å². The Balaban J connectivity index is 1.42. The van der Waals surface area contributed by atoms with Crippen LogP contribution in [0.15, 0.2) is 53.4 Å². The van der Waals surface area contributed by atoms with Gasteiger partial charge in [-0.2, -0.15) is 0 Å². The van der Waals surface area contributed by atoms with Gasteiger partial charge in [0.05, 0.1) is 4.90 Å². The fraction of sp³-hybridized carbons (Fsp3) is 0.500. The second-order valence-corrected chi connectivity index (χ2v) is 12.9. The summed E-state index contributed by atoms with van der Waals surface area (Å²) < 4.78 is 30.9. The van der Waals surface area contributed by atoms with E-state index < -0.39 is 20.5 Å². The van der Waals surface area contributed by atoms with Crippen LogP contribution in [0.3, 0.4) is 0 Å². The number of hydrogen-bond donors (Lipinski definition) is 2. The van der Waals surface area contributed by atoms with E-state index in [-0.39, 0.29) is 29.4 Å². The number of sulfone groups is 1. The molecule has 1 amide bonds. The van der Waals surface area contributed by atoms with Gasteiger partial charge >= 0.3 is 0 Å². The molecule has 4 rings (SSSR count). The van der Waals surface area contributed by atoms with E-state index in [9.17, 15) is 23.2 Å². The van der Waals surface area contributed by atoms with Crippen LogP contribution in [0.4, 0.5) is 5.69 Å². The van der Waals surface area contributed by atoms with E-state index in [0.29, 0.717) is 56.2 Å². The number of Topliss-reactive ketones (excluding diaryl/α,β-unsaturated/α-hetero) is 1. The van der Waals surface area contributed by atoms with Crippen LogP contribution in [-0.2, 0) is 19.4 Å². The minimum absolute atomic E-state index is 0.0514. The first-order valence-electron chi connectivity index (χ1n) is 13.3. The average molecular weight is 578 g/mol. The third-order valence-electron chi connectivity index (χ3n) is 8.02. The molecule has 2 aromatic carbocycles. The molecule has 0 spiro atoms. The van der Waals surface area contributed by atoms with Crippen molar-refractivity contribution in [2.75, 3.05) is 51.3 Å². The minimum atomic E-state index is -4.08. The zero-order chi connectivity index (χ0) is 28.0. The average Bonchev–Trinajstić information content (AvgIpc) is 2.97. The smallest absolute Gasteiger partial charge is 0.265 e. The SMILES string of the molecule is COCCCN1CCC(C(=O)NO)(S(=O)(=O)c2ccc(N3CCC(C(=O)c4ccc(Cl)cc4)CC3)cc2)CC1. The Bertz CT molecular complexity index is 1240. The van der Waals surface area contributed by atoms with Crippen molar-refractivity contribution in [3.8, 4) is 0 Å². The molecule has 0 bridgehead atoms. The molecule has 2 aliphatic rings. The zero-order valence-electron chi connectivity index (χ0n) is 22.1. The molecule has 9 nitrogen and oxygen atoms in total. The molecular formula is C28H36ClN3O6S. The van der Waals surface area contributed by atoms with E-state index in [0.717, 1.165) is 18.7 Å².